The van der Waals surface area contributed by atoms with Crippen molar-refractivity contribution in [3.63, 3.8) is 0 Å². The summed E-state index contributed by atoms with van der Waals surface area (Å²) < 4.78 is 1.60. The summed E-state index contributed by atoms with van der Waals surface area (Å²) in [7, 11) is 0. The molecule has 1 saturated heterocycles. The van der Waals surface area contributed by atoms with Gasteiger partial charge in [0.2, 0.25) is 0 Å². The Morgan fingerprint density at radius 1 is 1.10 bits per heavy atom. The van der Waals surface area contributed by atoms with Crippen LogP contribution >= 0.6 is 23.2 Å². The summed E-state index contributed by atoms with van der Waals surface area (Å²) in [6.45, 7) is 4.91. The summed E-state index contributed by atoms with van der Waals surface area (Å²) in [5.74, 6) is -0.435. The number of carbonyl (C=O) groups is 2. The molecule has 0 aliphatic carbocycles. The van der Waals surface area contributed by atoms with Gasteiger partial charge < -0.3 is 15.1 Å². The average Bonchev–Trinajstić information content (AvgIpc) is 3.36. The number of fused-ring (bicyclic) bond motifs is 1. The van der Waals surface area contributed by atoms with Crippen molar-refractivity contribution in [1.82, 2.24) is 24.9 Å². The van der Waals surface area contributed by atoms with Crippen molar-refractivity contribution in [2.45, 2.75) is 25.9 Å². The summed E-state index contributed by atoms with van der Waals surface area (Å²) >= 11 is 12.5. The standard InChI is InChI=1S/C20H23Cl2N5O2/c21-15-4-3-5-16(22)14(15)13-26-10-11-27-18(20(26)29)12-17(24-27)19(28)23-6-9-25-7-1-2-8-25/h3-5,12H,1-2,6-11,13H2,(H,23,28). The molecule has 0 radical (unpaired) electrons. The summed E-state index contributed by atoms with van der Waals surface area (Å²) in [5, 5.41) is 8.28. The van der Waals surface area contributed by atoms with Crippen molar-refractivity contribution in [2.24, 2.45) is 0 Å². The number of rotatable bonds is 6. The van der Waals surface area contributed by atoms with Gasteiger partial charge in [-0.05, 0) is 38.1 Å². The van der Waals surface area contributed by atoms with Gasteiger partial charge in [-0.1, -0.05) is 29.3 Å². The molecular formula is C20H23Cl2N5O2. The number of benzene rings is 1. The number of nitrogens with zero attached hydrogens (tertiary/aromatic N) is 4. The van der Waals surface area contributed by atoms with Crippen LogP contribution in [-0.2, 0) is 13.1 Å². The first-order chi connectivity index (χ1) is 14.0. The third-order valence-corrected chi connectivity index (χ3v) is 6.13. The highest BCUT2D eigenvalue weighted by molar-refractivity contribution is 6.36. The van der Waals surface area contributed by atoms with E-state index in [2.05, 4.69) is 15.3 Å². The Kier molecular flexibility index (Phi) is 6.08. The summed E-state index contributed by atoms with van der Waals surface area (Å²) in [6, 6.07) is 6.85. The van der Waals surface area contributed by atoms with Gasteiger partial charge in [-0.15, -0.1) is 0 Å². The average molecular weight is 436 g/mol. The molecule has 7 nitrogen and oxygen atoms in total. The molecular weight excluding hydrogens is 413 g/mol. The number of hydrogen-bond acceptors (Lipinski definition) is 4. The third-order valence-electron chi connectivity index (χ3n) is 5.42. The monoisotopic (exact) mass is 435 g/mol. The van der Waals surface area contributed by atoms with E-state index >= 15 is 0 Å². The van der Waals surface area contributed by atoms with E-state index in [9.17, 15) is 9.59 Å². The van der Waals surface area contributed by atoms with Gasteiger partial charge in [0.15, 0.2) is 5.69 Å². The van der Waals surface area contributed by atoms with Crippen molar-refractivity contribution in [2.75, 3.05) is 32.7 Å². The Morgan fingerprint density at radius 2 is 1.83 bits per heavy atom. The second-order valence-corrected chi connectivity index (χ2v) is 8.18. The molecule has 0 spiro atoms. The largest absolute Gasteiger partial charge is 0.349 e. The molecule has 2 amide bonds. The van der Waals surface area contributed by atoms with Crippen LogP contribution in [0.5, 0.6) is 0 Å². The maximum absolute atomic E-state index is 12.9. The Hall–Kier alpha value is -2.09. The number of aromatic nitrogens is 2. The van der Waals surface area contributed by atoms with E-state index in [1.807, 2.05) is 0 Å². The Balaban J connectivity index is 1.40. The fourth-order valence-corrected chi connectivity index (χ4v) is 4.32. The van der Waals surface area contributed by atoms with Crippen LogP contribution < -0.4 is 5.32 Å². The van der Waals surface area contributed by atoms with E-state index in [-0.39, 0.29) is 17.5 Å². The van der Waals surface area contributed by atoms with Crippen molar-refractivity contribution < 1.29 is 9.59 Å². The number of carbonyl (C=O) groups excluding carboxylic acids is 2. The molecule has 154 valence electrons. The second-order valence-electron chi connectivity index (χ2n) is 7.37. The first-order valence-electron chi connectivity index (χ1n) is 9.83. The molecule has 1 aromatic carbocycles. The third kappa shape index (κ3) is 4.42. The molecule has 0 saturated carbocycles. The van der Waals surface area contributed by atoms with Crippen molar-refractivity contribution in [3.8, 4) is 0 Å². The summed E-state index contributed by atoms with van der Waals surface area (Å²) in [4.78, 5) is 29.4. The van der Waals surface area contributed by atoms with Gasteiger partial charge in [0, 0.05) is 47.9 Å². The lowest BCUT2D eigenvalue weighted by molar-refractivity contribution is 0.0683. The molecule has 1 N–H and O–H groups in total. The fraction of sp³-hybridized carbons (Fsp3) is 0.450. The van der Waals surface area contributed by atoms with Gasteiger partial charge in [-0.2, -0.15) is 5.10 Å². The summed E-state index contributed by atoms with van der Waals surface area (Å²) in [6.07, 6.45) is 2.44. The van der Waals surface area contributed by atoms with Gasteiger partial charge in [0.1, 0.15) is 5.69 Å². The maximum Gasteiger partial charge on any atom is 0.272 e. The molecule has 2 aliphatic rings. The van der Waals surface area contributed by atoms with Crippen LogP contribution in [0.3, 0.4) is 0 Å². The molecule has 2 aromatic rings. The van der Waals surface area contributed by atoms with Gasteiger partial charge >= 0.3 is 0 Å². The molecule has 2 aliphatic heterocycles. The Labute approximate surface area is 179 Å². The zero-order chi connectivity index (χ0) is 20.4. The van der Waals surface area contributed by atoms with Crippen LogP contribution in [0.2, 0.25) is 10.0 Å². The van der Waals surface area contributed by atoms with E-state index in [1.165, 1.54) is 12.8 Å². The predicted octanol–water partition coefficient (Wildman–Crippen LogP) is 2.67. The highest BCUT2D eigenvalue weighted by Crippen LogP contribution is 2.27. The van der Waals surface area contributed by atoms with E-state index in [0.29, 0.717) is 41.9 Å². The number of amides is 2. The lowest BCUT2D eigenvalue weighted by atomic mass is 10.2. The smallest absolute Gasteiger partial charge is 0.272 e. The van der Waals surface area contributed by atoms with Crippen LogP contribution in [0.4, 0.5) is 0 Å². The Morgan fingerprint density at radius 3 is 2.55 bits per heavy atom. The highest BCUT2D eigenvalue weighted by Gasteiger charge is 2.28. The Bertz CT molecular complexity index is 903. The van der Waals surface area contributed by atoms with E-state index in [4.69, 9.17) is 23.2 Å². The molecule has 0 atom stereocenters. The second kappa shape index (κ2) is 8.73. The maximum atomic E-state index is 12.9. The predicted molar refractivity (Wildman–Crippen MR) is 111 cm³/mol. The van der Waals surface area contributed by atoms with Crippen LogP contribution in [0.1, 0.15) is 39.4 Å². The highest BCUT2D eigenvalue weighted by atomic mass is 35.5. The van der Waals surface area contributed by atoms with Crippen LogP contribution in [0.15, 0.2) is 24.3 Å². The van der Waals surface area contributed by atoms with Gasteiger partial charge in [0.25, 0.3) is 11.8 Å². The number of likely N-dealkylation sites (tertiary alicyclic amines) is 1. The van der Waals surface area contributed by atoms with E-state index in [0.717, 1.165) is 25.2 Å². The molecule has 29 heavy (non-hydrogen) atoms. The lowest BCUT2D eigenvalue weighted by Gasteiger charge is -2.28. The minimum atomic E-state index is -0.250. The molecule has 4 rings (SSSR count). The minimum absolute atomic E-state index is 0.184. The van der Waals surface area contributed by atoms with Gasteiger partial charge in [0.05, 0.1) is 6.54 Å². The molecule has 0 bridgehead atoms. The molecule has 1 fully saturated rings. The lowest BCUT2D eigenvalue weighted by Crippen LogP contribution is -2.39. The molecule has 3 heterocycles. The van der Waals surface area contributed by atoms with Crippen LogP contribution in [-0.4, -0.2) is 64.1 Å². The number of hydrogen-bond donors (Lipinski definition) is 1. The van der Waals surface area contributed by atoms with Crippen LogP contribution in [0.25, 0.3) is 0 Å². The van der Waals surface area contributed by atoms with Crippen molar-refractivity contribution in [1.29, 1.82) is 0 Å². The van der Waals surface area contributed by atoms with Gasteiger partial charge in [-0.3, -0.25) is 14.3 Å². The minimum Gasteiger partial charge on any atom is -0.349 e. The van der Waals surface area contributed by atoms with E-state index in [1.54, 1.807) is 33.8 Å². The quantitative estimate of drug-likeness (QED) is 0.756. The number of nitrogens with one attached hydrogen (secondary N) is 1. The molecule has 1 aromatic heterocycles. The molecule has 0 unspecified atom stereocenters. The van der Waals surface area contributed by atoms with E-state index < -0.39 is 0 Å². The first kappa shape index (κ1) is 20.2. The van der Waals surface area contributed by atoms with Crippen molar-refractivity contribution in [3.05, 3.63) is 51.3 Å². The number of halogens is 2. The fourth-order valence-electron chi connectivity index (χ4n) is 3.80. The SMILES string of the molecule is O=C(NCCN1CCCC1)c1cc2n(n1)CCN(Cc1c(Cl)cccc1Cl)C2=O. The topological polar surface area (TPSA) is 70.5 Å². The van der Waals surface area contributed by atoms with Crippen LogP contribution in [0, 0.1) is 0 Å². The van der Waals surface area contributed by atoms with Gasteiger partial charge in [-0.25, -0.2) is 0 Å². The molecule has 9 heteroatoms. The van der Waals surface area contributed by atoms with Crippen molar-refractivity contribution >= 4 is 35.0 Å². The first-order valence-corrected chi connectivity index (χ1v) is 10.6. The normalized spacial score (nSPS) is 16.9. The zero-order valence-electron chi connectivity index (χ0n) is 16.0. The summed E-state index contributed by atoms with van der Waals surface area (Å²) in [5.41, 5.74) is 1.40. The zero-order valence-corrected chi connectivity index (χ0v) is 17.5.